The van der Waals surface area contributed by atoms with Crippen molar-refractivity contribution in [3.8, 4) is 0 Å². The van der Waals surface area contributed by atoms with Crippen molar-refractivity contribution in [3.05, 3.63) is 0 Å². The molecule has 0 saturated heterocycles. The van der Waals surface area contributed by atoms with Gasteiger partial charge in [-0.15, -0.1) is 0 Å². The van der Waals surface area contributed by atoms with Gasteiger partial charge in [-0.05, 0) is 6.92 Å². The summed E-state index contributed by atoms with van der Waals surface area (Å²) in [5.41, 5.74) is 0. The molecule has 0 aliphatic carbocycles. The van der Waals surface area contributed by atoms with E-state index in [-0.39, 0.29) is 0 Å². The Hall–Kier alpha value is -0.530. The minimum atomic E-state index is 0.681. The lowest BCUT2D eigenvalue weighted by Crippen LogP contribution is -2.07. The second-order valence-electron chi connectivity index (χ2n) is 0.676. The summed E-state index contributed by atoms with van der Waals surface area (Å²) < 4.78 is 0. The number of carbonyl (C=O) groups is 1. The zero-order chi connectivity index (χ0) is 4.12. The number of carbonyl (C=O) groups excluding carboxylic acids is 1. The van der Waals surface area contributed by atoms with Crippen LogP contribution in [0.25, 0.3) is 0 Å². The Labute approximate surface area is 31.2 Å². The molecule has 0 unspecified atom stereocenters. The van der Waals surface area contributed by atoms with Crippen LogP contribution in [0.2, 0.25) is 0 Å². The summed E-state index contributed by atoms with van der Waals surface area (Å²) in [6.07, 6.45) is 0.681. The molecule has 0 aromatic heterocycles. The average Bonchev–Trinajstić information content (AvgIpc) is 1.41. The topological polar surface area (TPSA) is 29.1 Å². The first-order valence-electron chi connectivity index (χ1n) is 1.59. The molecule has 2 heteroatoms. The summed E-state index contributed by atoms with van der Waals surface area (Å²) in [6.45, 7) is 2.60. The van der Waals surface area contributed by atoms with E-state index in [1.807, 2.05) is 6.92 Å². The molecule has 0 fully saturated rings. The lowest BCUT2D eigenvalue weighted by molar-refractivity contribution is -0.109. The first-order chi connectivity index (χ1) is 2.41. The van der Waals surface area contributed by atoms with Crippen molar-refractivity contribution in [2.45, 2.75) is 6.92 Å². The van der Waals surface area contributed by atoms with Crippen LogP contribution in [-0.4, -0.2) is 13.0 Å². The molecule has 0 atom stereocenters. The maximum Gasteiger partial charge on any atom is 0.207 e. The second-order valence-corrected chi connectivity index (χ2v) is 0.676. The molecule has 0 aromatic rings. The van der Waals surface area contributed by atoms with E-state index < -0.39 is 0 Å². The fraction of sp³-hybridized carbons (Fsp3) is 0.667. The minimum Gasteiger partial charge on any atom is -0.359 e. The van der Waals surface area contributed by atoms with Gasteiger partial charge in [0.25, 0.3) is 0 Å². The summed E-state index contributed by atoms with van der Waals surface area (Å²) in [4.78, 5) is 9.29. The Balaban J connectivity index is 2.40. The molecule has 0 spiro atoms. The van der Waals surface area contributed by atoms with E-state index in [1.165, 1.54) is 0 Å². The van der Waals surface area contributed by atoms with E-state index in [0.29, 0.717) is 6.41 Å². The highest BCUT2D eigenvalue weighted by atomic mass is 16.2. The van der Waals surface area contributed by atoms with Crippen molar-refractivity contribution in [1.82, 2.24) is 5.32 Å². The zero-order valence-electron chi connectivity index (χ0n) is 3.19. The molecule has 0 radical (unpaired) electrons. The predicted molar refractivity (Wildman–Crippen MR) is 19.7 cm³/mol. The summed E-state index contributed by atoms with van der Waals surface area (Å²) in [5.74, 6) is 0. The third kappa shape index (κ3) is 3.47. The zero-order valence-corrected chi connectivity index (χ0v) is 3.19. The van der Waals surface area contributed by atoms with Gasteiger partial charge in [0, 0.05) is 6.54 Å². The third-order valence-corrected chi connectivity index (χ3v) is 0.287. The highest BCUT2D eigenvalue weighted by Crippen LogP contribution is 1.37. The molecule has 5 heavy (non-hydrogen) atoms. The van der Waals surface area contributed by atoms with Gasteiger partial charge in [-0.25, -0.2) is 0 Å². The van der Waals surface area contributed by atoms with Crippen molar-refractivity contribution in [3.63, 3.8) is 0 Å². The van der Waals surface area contributed by atoms with Crippen LogP contribution in [0.5, 0.6) is 0 Å². The first kappa shape index (κ1) is 4.47. The Morgan fingerprint density at radius 2 is 2.60 bits per heavy atom. The second kappa shape index (κ2) is 3.47. The summed E-state index contributed by atoms with van der Waals surface area (Å²) in [7, 11) is 0. The van der Waals surface area contributed by atoms with Crippen LogP contribution in [0.4, 0.5) is 0 Å². The average molecular weight is 76.1 g/mol. The van der Waals surface area contributed by atoms with Crippen LogP contribution in [0.15, 0.2) is 0 Å². The quantitative estimate of drug-likeness (QED) is 0.274. The molecule has 0 rings (SSSR count). The van der Waals surface area contributed by atoms with Crippen molar-refractivity contribution in [2.75, 3.05) is 6.54 Å². The van der Waals surface area contributed by atoms with Crippen LogP contribution in [0, 0.1) is 0 Å². The molecule has 2 nitrogen and oxygen atoms in total. The van der Waals surface area contributed by atoms with E-state index in [1.54, 1.807) is 0 Å². The van der Waals surface area contributed by atoms with Crippen molar-refractivity contribution < 1.29 is 4.79 Å². The van der Waals surface area contributed by atoms with Crippen LogP contribution in [-0.2, 0) is 4.79 Å². The van der Waals surface area contributed by atoms with Gasteiger partial charge in [0.05, 0.1) is 0 Å². The number of amides is 1. The molecular formula is C3H7NO. The lowest BCUT2D eigenvalue weighted by Gasteiger charge is -1.78. The highest BCUT2D eigenvalue weighted by Gasteiger charge is 1.59. The van der Waals surface area contributed by atoms with Gasteiger partial charge < -0.3 is 5.32 Å². The fourth-order valence-electron chi connectivity index (χ4n) is 0.0833. The number of hydrogen-bond donors (Lipinski definition) is 1. The smallest absolute Gasteiger partial charge is 0.207 e. The van der Waals surface area contributed by atoms with E-state index in [9.17, 15) is 4.79 Å². The van der Waals surface area contributed by atoms with Crippen molar-refractivity contribution in [1.29, 1.82) is 0 Å². The number of hydrogen-bond acceptors (Lipinski definition) is 1. The van der Waals surface area contributed by atoms with Gasteiger partial charge in [-0.2, -0.15) is 0 Å². The van der Waals surface area contributed by atoms with E-state index >= 15 is 0 Å². The largest absolute Gasteiger partial charge is 0.359 e. The van der Waals surface area contributed by atoms with Crippen LogP contribution in [0.3, 0.4) is 0 Å². The number of rotatable bonds is 2. The minimum absolute atomic E-state index is 0.681. The maximum atomic E-state index is 9.29. The molecule has 0 aliphatic heterocycles. The molecule has 0 aromatic carbocycles. The van der Waals surface area contributed by atoms with Gasteiger partial charge in [-0.3, -0.25) is 4.79 Å². The summed E-state index contributed by atoms with van der Waals surface area (Å²) >= 11 is 0. The standard InChI is InChI=1S/C3H7NO/c1-2-4-3-5/h3H,2H2,1H3,(H,4,5)/i1+1,3+1,4+1. The maximum absolute atomic E-state index is 9.29. The molecule has 1 N–H and O–H groups in total. The Morgan fingerprint density at radius 1 is 2.00 bits per heavy atom. The van der Waals surface area contributed by atoms with Gasteiger partial charge in [0.2, 0.25) is 6.41 Å². The van der Waals surface area contributed by atoms with Gasteiger partial charge in [0.1, 0.15) is 0 Å². The monoisotopic (exact) mass is 76.1 g/mol. The highest BCUT2D eigenvalue weighted by molar-refractivity contribution is 5.45. The Kier molecular flexibility index (Phi) is 3.10. The SMILES string of the molecule is [13CH3]C[15NH][13CH]=O. The van der Waals surface area contributed by atoms with Crippen molar-refractivity contribution >= 4 is 6.41 Å². The Bertz CT molecular complexity index is 28.1. The predicted octanol–water partition coefficient (Wildman–Crippen LogP) is -0.248. The molecule has 1 amide bonds. The molecule has 0 heterocycles. The lowest BCUT2D eigenvalue weighted by atomic mass is 11.2. The molecule has 0 bridgehead atoms. The van der Waals surface area contributed by atoms with E-state index in [0.717, 1.165) is 6.54 Å². The summed E-state index contributed by atoms with van der Waals surface area (Å²) in [5, 5.41) is 2.43. The van der Waals surface area contributed by atoms with Crippen LogP contribution in [0.1, 0.15) is 6.92 Å². The molecular weight excluding hydrogens is 69.0 g/mol. The van der Waals surface area contributed by atoms with E-state index in [2.05, 4.69) is 5.32 Å². The number of nitrogens with one attached hydrogen (secondary N) is 1. The molecule has 0 aliphatic rings. The van der Waals surface area contributed by atoms with Gasteiger partial charge in [0.15, 0.2) is 0 Å². The van der Waals surface area contributed by atoms with Crippen molar-refractivity contribution in [2.24, 2.45) is 0 Å². The van der Waals surface area contributed by atoms with E-state index in [4.69, 9.17) is 0 Å². The molecule has 0 saturated carbocycles. The van der Waals surface area contributed by atoms with Crippen LogP contribution < -0.4 is 5.32 Å². The molecule has 30 valence electrons. The van der Waals surface area contributed by atoms with Gasteiger partial charge in [-0.1, -0.05) is 0 Å². The Morgan fingerprint density at radius 3 is 2.60 bits per heavy atom. The third-order valence-electron chi connectivity index (χ3n) is 0.287. The van der Waals surface area contributed by atoms with Gasteiger partial charge >= 0.3 is 0 Å². The normalized spacial score (nSPS) is 6.60. The fourth-order valence-corrected chi connectivity index (χ4v) is 0.0833. The first-order valence-corrected chi connectivity index (χ1v) is 1.59. The van der Waals surface area contributed by atoms with Crippen LogP contribution >= 0.6 is 0 Å². The summed E-state index contributed by atoms with van der Waals surface area (Å²) in [6, 6.07) is 0.